The summed E-state index contributed by atoms with van der Waals surface area (Å²) < 4.78 is 1.97. The average molecular weight is 296 g/mol. The highest BCUT2D eigenvalue weighted by Gasteiger charge is 2.29. The number of hydrogen-bond donors (Lipinski definition) is 0. The van der Waals surface area contributed by atoms with Crippen LogP contribution in [0.1, 0.15) is 35.2 Å². The molecule has 0 bridgehead atoms. The van der Waals surface area contributed by atoms with E-state index in [0.717, 1.165) is 48.6 Å². The van der Waals surface area contributed by atoms with Gasteiger partial charge < -0.3 is 4.90 Å². The van der Waals surface area contributed by atoms with Crippen molar-refractivity contribution in [3.63, 3.8) is 0 Å². The largest absolute Gasteiger partial charge is 0.349 e. The highest BCUT2D eigenvalue weighted by molar-refractivity contribution is 5.58. The van der Waals surface area contributed by atoms with Crippen molar-refractivity contribution >= 4 is 5.82 Å². The quantitative estimate of drug-likeness (QED) is 0.868. The van der Waals surface area contributed by atoms with Gasteiger partial charge in [0.05, 0.1) is 24.5 Å². The molecule has 6 heteroatoms. The smallest absolute Gasteiger partial charge is 0.169 e. The number of hydrogen-bond acceptors (Lipinski definition) is 5. The van der Waals surface area contributed by atoms with Gasteiger partial charge in [-0.25, -0.2) is 0 Å². The minimum atomic E-state index is 0.308. The van der Waals surface area contributed by atoms with E-state index in [1.54, 1.807) is 0 Å². The highest BCUT2D eigenvalue weighted by Crippen LogP contribution is 2.29. The predicted molar refractivity (Wildman–Crippen MR) is 83.6 cm³/mol. The van der Waals surface area contributed by atoms with E-state index in [-0.39, 0.29) is 0 Å². The van der Waals surface area contributed by atoms with E-state index >= 15 is 0 Å². The van der Waals surface area contributed by atoms with Crippen molar-refractivity contribution in [3.05, 3.63) is 34.8 Å². The van der Waals surface area contributed by atoms with Crippen LogP contribution in [-0.4, -0.2) is 32.6 Å². The summed E-state index contributed by atoms with van der Waals surface area (Å²) in [7, 11) is 0. The molecule has 0 spiro atoms. The van der Waals surface area contributed by atoms with Crippen LogP contribution in [0, 0.1) is 32.1 Å². The van der Waals surface area contributed by atoms with Gasteiger partial charge in [-0.1, -0.05) is 0 Å². The second kappa shape index (κ2) is 5.76. The molecule has 1 fully saturated rings. The van der Waals surface area contributed by atoms with Crippen LogP contribution in [0.15, 0.2) is 12.4 Å². The van der Waals surface area contributed by atoms with Gasteiger partial charge in [0.25, 0.3) is 0 Å². The van der Waals surface area contributed by atoms with Gasteiger partial charge >= 0.3 is 0 Å². The second-order valence-corrected chi connectivity index (χ2v) is 5.95. The predicted octanol–water partition coefficient (Wildman–Crippen LogP) is 2.14. The Morgan fingerprint density at radius 3 is 2.82 bits per heavy atom. The molecule has 0 saturated carbocycles. The molecular weight excluding hydrogens is 276 g/mol. The first kappa shape index (κ1) is 14.5. The lowest BCUT2D eigenvalue weighted by Gasteiger charge is -2.26. The van der Waals surface area contributed by atoms with Gasteiger partial charge in [0.1, 0.15) is 11.6 Å². The maximum atomic E-state index is 9.50. The molecule has 22 heavy (non-hydrogen) atoms. The lowest BCUT2D eigenvalue weighted by Crippen LogP contribution is -2.34. The van der Waals surface area contributed by atoms with Crippen LogP contribution in [0.3, 0.4) is 0 Å². The van der Waals surface area contributed by atoms with Crippen molar-refractivity contribution < 1.29 is 0 Å². The standard InChI is InChI=1S/C16H20N6/c1-11-8-18-21(9-11)10-14-5-4-6-22(14)16-15(7-17)12(2)13(3)19-20-16/h8-9,14H,4-6,10H2,1-3H3. The van der Waals surface area contributed by atoms with Crippen molar-refractivity contribution in [2.24, 2.45) is 0 Å². The van der Waals surface area contributed by atoms with Gasteiger partial charge in [0, 0.05) is 12.7 Å². The molecule has 114 valence electrons. The van der Waals surface area contributed by atoms with E-state index in [0.29, 0.717) is 11.6 Å². The molecule has 0 N–H and O–H groups in total. The lowest BCUT2D eigenvalue weighted by atomic mass is 10.1. The van der Waals surface area contributed by atoms with Crippen molar-refractivity contribution in [2.75, 3.05) is 11.4 Å². The molecule has 1 aliphatic rings. The molecule has 1 saturated heterocycles. The minimum Gasteiger partial charge on any atom is -0.349 e. The van der Waals surface area contributed by atoms with Gasteiger partial charge in [-0.2, -0.15) is 15.5 Å². The summed E-state index contributed by atoms with van der Waals surface area (Å²) in [5, 5.41) is 22.4. The SMILES string of the molecule is Cc1cnn(CC2CCCN2c2nnc(C)c(C)c2C#N)c1. The summed E-state index contributed by atoms with van der Waals surface area (Å²) in [5.74, 6) is 0.719. The minimum absolute atomic E-state index is 0.308. The molecule has 0 radical (unpaired) electrons. The maximum Gasteiger partial charge on any atom is 0.169 e. The molecule has 2 aromatic heterocycles. The van der Waals surface area contributed by atoms with Crippen LogP contribution >= 0.6 is 0 Å². The Labute approximate surface area is 130 Å². The number of anilines is 1. The molecule has 6 nitrogen and oxygen atoms in total. The Bertz CT molecular complexity index is 727. The lowest BCUT2D eigenvalue weighted by molar-refractivity contribution is 0.506. The van der Waals surface area contributed by atoms with Crippen LogP contribution in [0.5, 0.6) is 0 Å². The number of nitrogens with zero attached hydrogens (tertiary/aromatic N) is 6. The molecule has 0 aliphatic carbocycles. The number of nitriles is 1. The molecule has 0 amide bonds. The van der Waals surface area contributed by atoms with E-state index in [4.69, 9.17) is 0 Å². The van der Waals surface area contributed by atoms with Crippen LogP contribution in [0.4, 0.5) is 5.82 Å². The zero-order chi connectivity index (χ0) is 15.7. The Morgan fingerprint density at radius 1 is 1.32 bits per heavy atom. The normalized spacial score (nSPS) is 17.7. The van der Waals surface area contributed by atoms with Gasteiger partial charge in [-0.05, 0) is 44.7 Å². The molecule has 0 aromatic carbocycles. The average Bonchev–Trinajstić information content (AvgIpc) is 3.11. The fourth-order valence-electron chi connectivity index (χ4n) is 3.02. The van der Waals surface area contributed by atoms with E-state index < -0.39 is 0 Å². The molecule has 1 aliphatic heterocycles. The van der Waals surface area contributed by atoms with Crippen molar-refractivity contribution in [2.45, 2.75) is 46.2 Å². The van der Waals surface area contributed by atoms with Crippen LogP contribution in [0.2, 0.25) is 0 Å². The summed E-state index contributed by atoms with van der Waals surface area (Å²) in [5.41, 5.74) is 3.55. The Kier molecular flexibility index (Phi) is 3.80. The van der Waals surface area contributed by atoms with Gasteiger partial charge in [-0.3, -0.25) is 4.68 Å². The first-order valence-corrected chi connectivity index (χ1v) is 7.60. The van der Waals surface area contributed by atoms with Crippen LogP contribution in [0.25, 0.3) is 0 Å². The number of aromatic nitrogens is 4. The fourth-order valence-corrected chi connectivity index (χ4v) is 3.02. The molecule has 2 aromatic rings. The topological polar surface area (TPSA) is 70.6 Å². The van der Waals surface area contributed by atoms with E-state index in [9.17, 15) is 5.26 Å². The summed E-state index contributed by atoms with van der Waals surface area (Å²) >= 11 is 0. The molecule has 1 unspecified atom stereocenters. The summed E-state index contributed by atoms with van der Waals surface area (Å²) in [6.07, 6.45) is 6.10. The number of rotatable bonds is 3. The second-order valence-electron chi connectivity index (χ2n) is 5.95. The van der Waals surface area contributed by atoms with Crippen molar-refractivity contribution in [1.29, 1.82) is 5.26 Å². The van der Waals surface area contributed by atoms with Gasteiger partial charge in [0.15, 0.2) is 5.82 Å². The third kappa shape index (κ3) is 2.54. The molecule has 3 rings (SSSR count). The zero-order valence-corrected chi connectivity index (χ0v) is 13.2. The monoisotopic (exact) mass is 296 g/mol. The molecule has 3 heterocycles. The first-order chi connectivity index (χ1) is 10.6. The Balaban J connectivity index is 1.90. The first-order valence-electron chi connectivity index (χ1n) is 7.60. The van der Waals surface area contributed by atoms with Crippen molar-refractivity contribution in [3.8, 4) is 6.07 Å². The third-order valence-electron chi connectivity index (χ3n) is 4.36. The van der Waals surface area contributed by atoms with Crippen molar-refractivity contribution in [1.82, 2.24) is 20.0 Å². The van der Waals surface area contributed by atoms with Gasteiger partial charge in [-0.15, -0.1) is 5.10 Å². The third-order valence-corrected chi connectivity index (χ3v) is 4.36. The number of aryl methyl sites for hydroxylation is 2. The maximum absolute atomic E-state index is 9.50. The Hall–Kier alpha value is -2.42. The summed E-state index contributed by atoms with van der Waals surface area (Å²) in [6, 6.07) is 2.61. The molecule has 1 atom stereocenters. The van der Waals surface area contributed by atoms with Crippen LogP contribution < -0.4 is 4.90 Å². The van der Waals surface area contributed by atoms with E-state index in [1.165, 1.54) is 0 Å². The molecular formula is C16H20N6. The zero-order valence-electron chi connectivity index (χ0n) is 13.2. The Morgan fingerprint density at radius 2 is 2.14 bits per heavy atom. The van der Waals surface area contributed by atoms with E-state index in [1.807, 2.05) is 37.8 Å². The summed E-state index contributed by atoms with van der Waals surface area (Å²) in [4.78, 5) is 2.22. The van der Waals surface area contributed by atoms with Gasteiger partial charge in [0.2, 0.25) is 0 Å². The van der Waals surface area contributed by atoms with Crippen LogP contribution in [-0.2, 0) is 6.54 Å². The fraction of sp³-hybridized carbons (Fsp3) is 0.500. The summed E-state index contributed by atoms with van der Waals surface area (Å²) in [6.45, 7) is 7.59. The highest BCUT2D eigenvalue weighted by atomic mass is 15.3. The van der Waals surface area contributed by atoms with E-state index in [2.05, 4.69) is 26.3 Å².